The van der Waals surface area contributed by atoms with E-state index in [-0.39, 0.29) is 6.04 Å². The Balaban J connectivity index is 1.65. The highest BCUT2D eigenvalue weighted by Crippen LogP contribution is 2.34. The normalized spacial score (nSPS) is 18.7. The van der Waals surface area contributed by atoms with Crippen LogP contribution in [-0.4, -0.2) is 27.7 Å². The van der Waals surface area contributed by atoms with Gasteiger partial charge < -0.3 is 9.67 Å². The second-order valence-electron chi connectivity index (χ2n) is 6.47. The zero-order chi connectivity index (χ0) is 17.2. The Hall–Kier alpha value is -1.88. The molecule has 2 aromatic carbocycles. The van der Waals surface area contributed by atoms with E-state index in [9.17, 15) is 5.11 Å². The molecule has 0 spiro atoms. The Morgan fingerprint density at radius 1 is 0.960 bits per heavy atom. The number of aliphatic hydroxyl groups excluding tert-OH is 1. The summed E-state index contributed by atoms with van der Waals surface area (Å²) in [6.07, 6.45) is 1.62. The molecule has 3 nitrogen and oxygen atoms in total. The van der Waals surface area contributed by atoms with E-state index < -0.39 is 6.10 Å². The third-order valence-corrected chi connectivity index (χ3v) is 5.65. The fourth-order valence-corrected chi connectivity index (χ4v) is 4.26. The number of aromatic nitrogens is 1. The monoisotopic (exact) mass is 396 g/mol. The van der Waals surface area contributed by atoms with Gasteiger partial charge in [0, 0.05) is 36.0 Å². The molecule has 0 aliphatic carbocycles. The number of aliphatic hydroxyl groups is 1. The van der Waals surface area contributed by atoms with Crippen molar-refractivity contribution in [2.45, 2.75) is 18.7 Å². The van der Waals surface area contributed by atoms with Crippen LogP contribution in [-0.2, 0) is 6.54 Å². The summed E-state index contributed by atoms with van der Waals surface area (Å²) in [4.78, 5) is 2.38. The quantitative estimate of drug-likeness (QED) is 0.708. The fraction of sp³-hybridized carbons (Fsp3) is 0.238. The summed E-state index contributed by atoms with van der Waals surface area (Å²) in [5, 5.41) is 10.8. The van der Waals surface area contributed by atoms with E-state index in [0.717, 1.165) is 23.1 Å². The van der Waals surface area contributed by atoms with Crippen molar-refractivity contribution >= 4 is 15.9 Å². The van der Waals surface area contributed by atoms with Crippen molar-refractivity contribution < 1.29 is 5.11 Å². The van der Waals surface area contributed by atoms with Gasteiger partial charge in [-0.2, -0.15) is 0 Å². The van der Waals surface area contributed by atoms with E-state index in [4.69, 9.17) is 0 Å². The van der Waals surface area contributed by atoms with E-state index in [1.165, 1.54) is 11.3 Å². The standard InChI is InChI=1S/C21H21BrN2O/c22-18-10-5-4-9-17(18)20(25)15-24-14-13-23-12-6-11-19(23)21(24)16-7-2-1-3-8-16/h1-12,20-21,25H,13-15H2. The first-order valence-corrected chi connectivity index (χ1v) is 9.40. The molecule has 4 heteroatoms. The van der Waals surface area contributed by atoms with Crippen molar-refractivity contribution in [2.24, 2.45) is 0 Å². The van der Waals surface area contributed by atoms with E-state index in [2.05, 4.69) is 68.0 Å². The predicted molar refractivity (Wildman–Crippen MR) is 103 cm³/mol. The summed E-state index contributed by atoms with van der Waals surface area (Å²) in [6, 6.07) is 22.9. The maximum absolute atomic E-state index is 10.8. The molecule has 128 valence electrons. The van der Waals surface area contributed by atoms with Crippen LogP contribution in [0.1, 0.15) is 29.0 Å². The molecule has 2 heterocycles. The highest BCUT2D eigenvalue weighted by molar-refractivity contribution is 9.10. The molecular weight excluding hydrogens is 376 g/mol. The number of benzene rings is 2. The van der Waals surface area contributed by atoms with Crippen LogP contribution in [0.5, 0.6) is 0 Å². The first-order chi connectivity index (χ1) is 12.2. The Morgan fingerprint density at radius 2 is 1.72 bits per heavy atom. The van der Waals surface area contributed by atoms with E-state index in [1.807, 2.05) is 30.3 Å². The van der Waals surface area contributed by atoms with Crippen LogP contribution in [0, 0.1) is 0 Å². The minimum Gasteiger partial charge on any atom is -0.387 e. The summed E-state index contributed by atoms with van der Waals surface area (Å²) in [5.74, 6) is 0. The molecule has 1 aromatic heterocycles. The topological polar surface area (TPSA) is 28.4 Å². The Morgan fingerprint density at radius 3 is 2.52 bits per heavy atom. The third kappa shape index (κ3) is 3.30. The number of nitrogens with zero attached hydrogens (tertiary/aromatic N) is 2. The summed E-state index contributed by atoms with van der Waals surface area (Å²) >= 11 is 3.56. The summed E-state index contributed by atoms with van der Waals surface area (Å²) in [7, 11) is 0. The summed E-state index contributed by atoms with van der Waals surface area (Å²) < 4.78 is 3.28. The lowest BCUT2D eigenvalue weighted by Crippen LogP contribution is -2.40. The Labute approximate surface area is 156 Å². The van der Waals surface area contributed by atoms with Gasteiger partial charge in [0.25, 0.3) is 0 Å². The minimum atomic E-state index is -0.525. The number of β-amino-alcohol motifs (C(OH)–C–C–N with tert-alkyl or cyclic N) is 1. The smallest absolute Gasteiger partial charge is 0.0928 e. The Kier molecular flexibility index (Phi) is 4.75. The van der Waals surface area contributed by atoms with Gasteiger partial charge in [-0.15, -0.1) is 0 Å². The second-order valence-corrected chi connectivity index (χ2v) is 7.33. The average molecular weight is 397 g/mol. The molecule has 0 bridgehead atoms. The fourth-order valence-electron chi connectivity index (χ4n) is 3.71. The first-order valence-electron chi connectivity index (χ1n) is 8.60. The van der Waals surface area contributed by atoms with Crippen LogP contribution in [0.2, 0.25) is 0 Å². The SMILES string of the molecule is OC(CN1CCn2cccc2C1c1ccccc1)c1ccccc1Br. The molecule has 2 atom stereocenters. The van der Waals surface area contributed by atoms with Crippen molar-refractivity contribution in [3.63, 3.8) is 0 Å². The van der Waals surface area contributed by atoms with Gasteiger partial charge in [0.05, 0.1) is 12.1 Å². The molecule has 3 aromatic rings. The number of hydrogen-bond acceptors (Lipinski definition) is 2. The molecule has 1 aliphatic rings. The lowest BCUT2D eigenvalue weighted by atomic mass is 9.98. The maximum atomic E-state index is 10.8. The van der Waals surface area contributed by atoms with Crippen molar-refractivity contribution in [3.05, 3.63) is 94.2 Å². The zero-order valence-electron chi connectivity index (χ0n) is 13.9. The minimum absolute atomic E-state index is 0.169. The average Bonchev–Trinajstić information content (AvgIpc) is 3.11. The highest BCUT2D eigenvalue weighted by Gasteiger charge is 2.30. The third-order valence-electron chi connectivity index (χ3n) is 4.93. The molecule has 25 heavy (non-hydrogen) atoms. The molecule has 0 radical (unpaired) electrons. The van der Waals surface area contributed by atoms with Crippen LogP contribution >= 0.6 is 15.9 Å². The molecule has 1 N–H and O–H groups in total. The maximum Gasteiger partial charge on any atom is 0.0928 e. The molecule has 4 rings (SSSR count). The van der Waals surface area contributed by atoms with E-state index in [1.54, 1.807) is 0 Å². The molecule has 0 saturated carbocycles. The van der Waals surface area contributed by atoms with Crippen LogP contribution in [0.25, 0.3) is 0 Å². The van der Waals surface area contributed by atoms with Gasteiger partial charge in [-0.25, -0.2) is 0 Å². The number of fused-ring (bicyclic) bond motifs is 1. The molecule has 0 fully saturated rings. The lowest BCUT2D eigenvalue weighted by molar-refractivity contribution is 0.0819. The predicted octanol–water partition coefficient (Wildman–Crippen LogP) is 4.39. The lowest BCUT2D eigenvalue weighted by Gasteiger charge is -2.38. The van der Waals surface area contributed by atoms with Gasteiger partial charge in [-0.3, -0.25) is 4.90 Å². The van der Waals surface area contributed by atoms with Crippen LogP contribution in [0.15, 0.2) is 77.4 Å². The largest absolute Gasteiger partial charge is 0.387 e. The highest BCUT2D eigenvalue weighted by atomic mass is 79.9. The van der Waals surface area contributed by atoms with E-state index in [0.29, 0.717) is 6.54 Å². The van der Waals surface area contributed by atoms with Crippen molar-refractivity contribution in [1.82, 2.24) is 9.47 Å². The van der Waals surface area contributed by atoms with Crippen LogP contribution < -0.4 is 0 Å². The van der Waals surface area contributed by atoms with Gasteiger partial charge in [0.2, 0.25) is 0 Å². The number of rotatable bonds is 4. The van der Waals surface area contributed by atoms with Crippen molar-refractivity contribution in [3.8, 4) is 0 Å². The van der Waals surface area contributed by atoms with E-state index >= 15 is 0 Å². The molecule has 1 aliphatic heterocycles. The molecule has 2 unspecified atom stereocenters. The summed E-state index contributed by atoms with van der Waals surface area (Å²) in [6.45, 7) is 2.48. The van der Waals surface area contributed by atoms with Gasteiger partial charge in [0.1, 0.15) is 0 Å². The zero-order valence-corrected chi connectivity index (χ0v) is 15.5. The summed E-state index contributed by atoms with van der Waals surface area (Å²) in [5.41, 5.74) is 3.49. The number of halogens is 1. The first kappa shape index (κ1) is 16.6. The van der Waals surface area contributed by atoms with Gasteiger partial charge >= 0.3 is 0 Å². The van der Waals surface area contributed by atoms with Gasteiger partial charge in [-0.05, 0) is 29.3 Å². The van der Waals surface area contributed by atoms with Crippen molar-refractivity contribution in [2.75, 3.05) is 13.1 Å². The van der Waals surface area contributed by atoms with Gasteiger partial charge in [-0.1, -0.05) is 64.5 Å². The van der Waals surface area contributed by atoms with Crippen molar-refractivity contribution in [1.29, 1.82) is 0 Å². The number of hydrogen-bond donors (Lipinski definition) is 1. The molecule has 0 saturated heterocycles. The van der Waals surface area contributed by atoms with Crippen LogP contribution in [0.3, 0.4) is 0 Å². The second kappa shape index (κ2) is 7.16. The molecule has 0 amide bonds. The van der Waals surface area contributed by atoms with Gasteiger partial charge in [0.15, 0.2) is 0 Å². The van der Waals surface area contributed by atoms with Crippen LogP contribution in [0.4, 0.5) is 0 Å². The molecular formula is C21H21BrN2O. The Bertz CT molecular complexity index is 846.